The molecule has 1 aliphatic heterocycles. The Morgan fingerprint density at radius 3 is 2.75 bits per heavy atom. The van der Waals surface area contributed by atoms with Gasteiger partial charge in [-0.25, -0.2) is 4.98 Å². The van der Waals surface area contributed by atoms with Gasteiger partial charge in [-0.15, -0.1) is 0 Å². The SMILES string of the molecule is CCC(C#N)N1CCN(C(=O)c2ccnc(Br)c2)CC1. The lowest BCUT2D eigenvalue weighted by Crippen LogP contribution is -2.51. The summed E-state index contributed by atoms with van der Waals surface area (Å²) in [6.45, 7) is 4.85. The smallest absolute Gasteiger partial charge is 0.254 e. The molecule has 1 aliphatic rings. The zero-order valence-electron chi connectivity index (χ0n) is 11.4. The lowest BCUT2D eigenvalue weighted by molar-refractivity contribution is 0.0604. The van der Waals surface area contributed by atoms with Crippen LogP contribution in [-0.4, -0.2) is 52.9 Å². The monoisotopic (exact) mass is 336 g/mol. The molecule has 106 valence electrons. The zero-order valence-corrected chi connectivity index (χ0v) is 13.0. The molecule has 1 saturated heterocycles. The van der Waals surface area contributed by atoms with Crippen molar-refractivity contribution >= 4 is 21.8 Å². The van der Waals surface area contributed by atoms with Gasteiger partial charge in [0.25, 0.3) is 5.91 Å². The highest BCUT2D eigenvalue weighted by atomic mass is 79.9. The van der Waals surface area contributed by atoms with Crippen LogP contribution in [0, 0.1) is 11.3 Å². The topological polar surface area (TPSA) is 60.2 Å². The molecule has 2 rings (SSSR count). The van der Waals surface area contributed by atoms with Gasteiger partial charge < -0.3 is 4.90 Å². The van der Waals surface area contributed by atoms with Gasteiger partial charge in [-0.3, -0.25) is 9.69 Å². The van der Waals surface area contributed by atoms with Crippen LogP contribution < -0.4 is 0 Å². The average Bonchev–Trinajstić information content (AvgIpc) is 2.48. The van der Waals surface area contributed by atoms with Gasteiger partial charge in [0.2, 0.25) is 0 Å². The van der Waals surface area contributed by atoms with Gasteiger partial charge in [0.05, 0.1) is 12.1 Å². The minimum absolute atomic E-state index is 0.0257. The van der Waals surface area contributed by atoms with E-state index in [-0.39, 0.29) is 11.9 Å². The predicted octanol–water partition coefficient (Wildman–Crippen LogP) is 1.90. The van der Waals surface area contributed by atoms with E-state index < -0.39 is 0 Å². The Labute approximate surface area is 127 Å². The second kappa shape index (κ2) is 6.82. The van der Waals surface area contributed by atoms with Crippen LogP contribution in [0.5, 0.6) is 0 Å². The molecule has 1 amide bonds. The first-order valence-electron chi connectivity index (χ1n) is 6.70. The Balaban J connectivity index is 1.97. The van der Waals surface area contributed by atoms with Gasteiger partial charge in [0, 0.05) is 37.9 Å². The van der Waals surface area contributed by atoms with Crippen molar-refractivity contribution in [3.63, 3.8) is 0 Å². The third kappa shape index (κ3) is 3.35. The molecule has 0 aromatic carbocycles. The maximum Gasteiger partial charge on any atom is 0.254 e. The summed E-state index contributed by atoms with van der Waals surface area (Å²) in [4.78, 5) is 20.4. The van der Waals surface area contributed by atoms with E-state index in [0.717, 1.165) is 19.5 Å². The third-order valence-electron chi connectivity index (χ3n) is 3.55. The fourth-order valence-corrected chi connectivity index (χ4v) is 2.75. The molecule has 0 spiro atoms. The summed E-state index contributed by atoms with van der Waals surface area (Å²) >= 11 is 3.28. The van der Waals surface area contributed by atoms with Crippen LogP contribution in [0.1, 0.15) is 23.7 Å². The van der Waals surface area contributed by atoms with Gasteiger partial charge in [0.1, 0.15) is 4.60 Å². The maximum atomic E-state index is 12.4. The number of nitrogens with zero attached hydrogens (tertiary/aromatic N) is 4. The van der Waals surface area contributed by atoms with Crippen LogP contribution in [0.25, 0.3) is 0 Å². The quantitative estimate of drug-likeness (QED) is 0.791. The van der Waals surface area contributed by atoms with Crippen molar-refractivity contribution in [2.75, 3.05) is 26.2 Å². The second-order valence-electron chi connectivity index (χ2n) is 4.75. The minimum Gasteiger partial charge on any atom is -0.336 e. The van der Waals surface area contributed by atoms with Crippen molar-refractivity contribution in [1.29, 1.82) is 5.26 Å². The molecule has 0 radical (unpaired) electrons. The lowest BCUT2D eigenvalue weighted by atomic mass is 10.1. The first-order chi connectivity index (χ1) is 9.65. The molecule has 5 nitrogen and oxygen atoms in total. The van der Waals surface area contributed by atoms with E-state index >= 15 is 0 Å². The van der Waals surface area contributed by atoms with Crippen molar-refractivity contribution in [2.45, 2.75) is 19.4 Å². The number of pyridine rings is 1. The zero-order chi connectivity index (χ0) is 14.5. The minimum atomic E-state index is -0.0395. The number of carbonyl (C=O) groups excluding carboxylic acids is 1. The Bertz CT molecular complexity index is 520. The number of hydrogen-bond acceptors (Lipinski definition) is 4. The Morgan fingerprint density at radius 2 is 2.20 bits per heavy atom. The van der Waals surface area contributed by atoms with Crippen LogP contribution in [0.3, 0.4) is 0 Å². The molecule has 1 aromatic heterocycles. The van der Waals surface area contributed by atoms with Crippen molar-refractivity contribution in [2.24, 2.45) is 0 Å². The molecule has 0 N–H and O–H groups in total. The third-order valence-corrected chi connectivity index (χ3v) is 3.99. The molecule has 0 saturated carbocycles. The van der Waals surface area contributed by atoms with Crippen LogP contribution >= 0.6 is 15.9 Å². The summed E-state index contributed by atoms with van der Waals surface area (Å²) in [6.07, 6.45) is 2.44. The number of piperazine rings is 1. The molecule has 1 atom stereocenters. The molecule has 1 fully saturated rings. The summed E-state index contributed by atoms with van der Waals surface area (Å²) in [5.41, 5.74) is 0.646. The summed E-state index contributed by atoms with van der Waals surface area (Å²) in [6, 6.07) is 5.73. The van der Waals surface area contributed by atoms with E-state index in [9.17, 15) is 4.79 Å². The lowest BCUT2D eigenvalue weighted by Gasteiger charge is -2.36. The molecule has 0 aliphatic carbocycles. The standard InChI is InChI=1S/C14H17BrN4O/c1-2-12(10-16)18-5-7-19(8-6-18)14(20)11-3-4-17-13(15)9-11/h3-4,9,12H,2,5-8H2,1H3. The number of carbonyl (C=O) groups is 1. The molecule has 0 bridgehead atoms. The fourth-order valence-electron chi connectivity index (χ4n) is 2.39. The van der Waals surface area contributed by atoms with E-state index in [4.69, 9.17) is 5.26 Å². The van der Waals surface area contributed by atoms with Crippen LogP contribution in [0.2, 0.25) is 0 Å². The van der Waals surface area contributed by atoms with E-state index in [2.05, 4.69) is 31.9 Å². The first-order valence-corrected chi connectivity index (χ1v) is 7.49. The van der Waals surface area contributed by atoms with Crippen molar-refractivity contribution in [1.82, 2.24) is 14.8 Å². The highest BCUT2D eigenvalue weighted by Crippen LogP contribution is 2.14. The number of nitriles is 1. The largest absolute Gasteiger partial charge is 0.336 e. The van der Waals surface area contributed by atoms with Crippen molar-refractivity contribution < 1.29 is 4.79 Å². The number of rotatable bonds is 3. The van der Waals surface area contributed by atoms with Crippen molar-refractivity contribution in [3.8, 4) is 6.07 Å². The summed E-state index contributed by atoms with van der Waals surface area (Å²) in [5.74, 6) is 0.0257. The summed E-state index contributed by atoms with van der Waals surface area (Å²) in [7, 11) is 0. The second-order valence-corrected chi connectivity index (χ2v) is 5.56. The Morgan fingerprint density at radius 1 is 1.50 bits per heavy atom. The first kappa shape index (κ1) is 14.9. The van der Waals surface area contributed by atoms with Gasteiger partial charge >= 0.3 is 0 Å². The number of hydrogen-bond donors (Lipinski definition) is 0. The molecule has 6 heteroatoms. The van der Waals surface area contributed by atoms with Crippen LogP contribution in [0.4, 0.5) is 0 Å². The average molecular weight is 337 g/mol. The van der Waals surface area contributed by atoms with E-state index in [1.807, 2.05) is 11.8 Å². The van der Waals surface area contributed by atoms with E-state index in [1.54, 1.807) is 18.3 Å². The summed E-state index contributed by atoms with van der Waals surface area (Å²) in [5, 5.41) is 9.08. The predicted molar refractivity (Wildman–Crippen MR) is 79.1 cm³/mol. The van der Waals surface area contributed by atoms with Gasteiger partial charge in [-0.2, -0.15) is 5.26 Å². The number of halogens is 1. The fraction of sp³-hybridized carbons (Fsp3) is 0.500. The molecular weight excluding hydrogens is 320 g/mol. The molecule has 2 heterocycles. The highest BCUT2D eigenvalue weighted by molar-refractivity contribution is 9.10. The van der Waals surface area contributed by atoms with Gasteiger partial charge in [-0.05, 0) is 34.5 Å². The van der Waals surface area contributed by atoms with E-state index in [0.29, 0.717) is 23.3 Å². The Kier molecular flexibility index (Phi) is 5.10. The van der Waals surface area contributed by atoms with Crippen molar-refractivity contribution in [3.05, 3.63) is 28.5 Å². The molecule has 20 heavy (non-hydrogen) atoms. The summed E-state index contributed by atoms with van der Waals surface area (Å²) < 4.78 is 0.664. The highest BCUT2D eigenvalue weighted by Gasteiger charge is 2.25. The molecule has 1 aromatic rings. The number of aromatic nitrogens is 1. The maximum absolute atomic E-state index is 12.4. The number of amides is 1. The molecule has 1 unspecified atom stereocenters. The van der Waals surface area contributed by atoms with Gasteiger partial charge in [-0.1, -0.05) is 6.92 Å². The van der Waals surface area contributed by atoms with Crippen LogP contribution in [0.15, 0.2) is 22.9 Å². The van der Waals surface area contributed by atoms with Gasteiger partial charge in [0.15, 0.2) is 0 Å². The Hall–Kier alpha value is -1.45. The van der Waals surface area contributed by atoms with E-state index in [1.165, 1.54) is 0 Å². The normalized spacial score (nSPS) is 17.6. The van der Waals surface area contributed by atoms with Crippen LogP contribution in [-0.2, 0) is 0 Å². The molecular formula is C14H17BrN4O.